The molecule has 4 rings (SSSR count). The number of hydrogen-bond acceptors (Lipinski definition) is 4. The summed E-state index contributed by atoms with van der Waals surface area (Å²) in [5.41, 5.74) is 2.81. The minimum Gasteiger partial charge on any atom is -0.480 e. The van der Waals surface area contributed by atoms with Crippen molar-refractivity contribution in [3.63, 3.8) is 0 Å². The number of fused-ring (bicyclic) bond motifs is 1. The molecule has 2 aliphatic carbocycles. The number of hydrogen-bond donors (Lipinski definition) is 1. The Hall–Kier alpha value is -2.10. The second-order valence-electron chi connectivity index (χ2n) is 8.13. The molecule has 1 heterocycles. The molecular weight excluding hydrogens is 472 g/mol. The number of rotatable bonds is 6. The van der Waals surface area contributed by atoms with Gasteiger partial charge in [0, 0.05) is 27.2 Å². The van der Waals surface area contributed by atoms with Crippen molar-refractivity contribution in [1.29, 1.82) is 0 Å². The van der Waals surface area contributed by atoms with E-state index in [-0.39, 0.29) is 18.6 Å². The lowest BCUT2D eigenvalue weighted by molar-refractivity contribution is 0.0927. The normalized spacial score (nSPS) is 16.6. The topological polar surface area (TPSA) is 50.7 Å². The van der Waals surface area contributed by atoms with Gasteiger partial charge in [-0.2, -0.15) is 0 Å². The van der Waals surface area contributed by atoms with Crippen molar-refractivity contribution in [2.45, 2.75) is 63.8 Å². The van der Waals surface area contributed by atoms with Crippen LogP contribution in [0.3, 0.4) is 0 Å². The zero-order valence-electron chi connectivity index (χ0n) is 17.6. The summed E-state index contributed by atoms with van der Waals surface area (Å²) >= 11 is 5.17. The maximum Gasteiger partial charge on any atom is 0.254 e. The van der Waals surface area contributed by atoms with E-state index in [1.807, 2.05) is 18.2 Å². The van der Waals surface area contributed by atoms with Crippen molar-refractivity contribution < 1.29 is 9.53 Å². The van der Waals surface area contributed by atoms with Gasteiger partial charge in [-0.15, -0.1) is 17.8 Å². The van der Waals surface area contributed by atoms with Crippen molar-refractivity contribution in [2.24, 2.45) is 4.99 Å². The van der Waals surface area contributed by atoms with Crippen LogP contribution >= 0.6 is 27.3 Å². The molecule has 162 valence electrons. The molecule has 0 aliphatic heterocycles. The van der Waals surface area contributed by atoms with Crippen LogP contribution in [0.2, 0.25) is 0 Å². The first-order valence-corrected chi connectivity index (χ1v) is 12.6. The molecule has 1 aromatic heterocycles. The fourth-order valence-corrected chi connectivity index (χ4v) is 5.99. The number of ether oxygens (including phenoxy) is 1. The quantitative estimate of drug-likeness (QED) is 0.379. The number of nitrogens with one attached hydrogen (secondary N) is 1. The third kappa shape index (κ3) is 5.39. The molecule has 0 spiro atoms. The third-order valence-corrected chi connectivity index (χ3v) is 7.62. The van der Waals surface area contributed by atoms with Crippen LogP contribution in [-0.2, 0) is 12.8 Å². The van der Waals surface area contributed by atoms with E-state index in [1.165, 1.54) is 36.1 Å². The Balaban J connectivity index is 1.64. The Morgan fingerprint density at radius 2 is 2.06 bits per heavy atom. The SMILES string of the molecule is C#CCOc1ccc(Br)cc1C=Nc1sc2c(c1C(=O)NC1CCCCC1)CCCC2. The zero-order chi connectivity index (χ0) is 21.6. The number of aliphatic imine (C=N–C) groups is 1. The van der Waals surface area contributed by atoms with Gasteiger partial charge < -0.3 is 10.1 Å². The minimum absolute atomic E-state index is 0.0384. The highest BCUT2D eigenvalue weighted by Crippen LogP contribution is 2.40. The lowest BCUT2D eigenvalue weighted by Crippen LogP contribution is -2.36. The summed E-state index contributed by atoms with van der Waals surface area (Å²) in [4.78, 5) is 19.4. The second kappa shape index (κ2) is 10.5. The monoisotopic (exact) mass is 498 g/mol. The van der Waals surface area contributed by atoms with E-state index >= 15 is 0 Å². The summed E-state index contributed by atoms with van der Waals surface area (Å²) in [6.07, 6.45) is 17.2. The van der Waals surface area contributed by atoms with E-state index < -0.39 is 0 Å². The van der Waals surface area contributed by atoms with E-state index in [0.717, 1.165) is 52.7 Å². The number of carbonyl (C=O) groups excluding carboxylic acids is 1. The fraction of sp³-hybridized carbons (Fsp3) is 0.440. The van der Waals surface area contributed by atoms with Gasteiger partial charge >= 0.3 is 0 Å². The fourth-order valence-electron chi connectivity index (χ4n) is 4.38. The minimum atomic E-state index is 0.0384. The molecule has 0 radical (unpaired) electrons. The number of thiophene rings is 1. The van der Waals surface area contributed by atoms with Crippen LogP contribution < -0.4 is 10.1 Å². The predicted molar refractivity (Wildman–Crippen MR) is 131 cm³/mol. The van der Waals surface area contributed by atoms with E-state index in [2.05, 4.69) is 27.2 Å². The van der Waals surface area contributed by atoms with E-state index in [0.29, 0.717) is 5.75 Å². The number of terminal acetylenes is 1. The molecule has 31 heavy (non-hydrogen) atoms. The molecule has 6 heteroatoms. The van der Waals surface area contributed by atoms with Crippen LogP contribution in [0.15, 0.2) is 27.7 Å². The molecule has 0 bridgehead atoms. The van der Waals surface area contributed by atoms with Gasteiger partial charge in [-0.1, -0.05) is 41.1 Å². The highest BCUT2D eigenvalue weighted by molar-refractivity contribution is 9.10. The summed E-state index contributed by atoms with van der Waals surface area (Å²) in [5.74, 6) is 3.22. The Labute approximate surface area is 196 Å². The second-order valence-corrected chi connectivity index (χ2v) is 10.1. The molecule has 1 aromatic carbocycles. The van der Waals surface area contributed by atoms with Crippen molar-refractivity contribution in [1.82, 2.24) is 5.32 Å². The van der Waals surface area contributed by atoms with Crippen LogP contribution in [0.5, 0.6) is 5.75 Å². The lowest BCUT2D eigenvalue weighted by Gasteiger charge is -2.23. The molecule has 1 N–H and O–H groups in total. The molecule has 0 atom stereocenters. The summed E-state index contributed by atoms with van der Waals surface area (Å²) in [6, 6.07) is 6.02. The number of aryl methyl sites for hydroxylation is 1. The van der Waals surface area contributed by atoms with Crippen molar-refractivity contribution in [3.8, 4) is 18.1 Å². The molecule has 0 saturated heterocycles. The van der Waals surface area contributed by atoms with Crippen LogP contribution in [0.4, 0.5) is 5.00 Å². The Morgan fingerprint density at radius 3 is 2.87 bits per heavy atom. The summed E-state index contributed by atoms with van der Waals surface area (Å²) in [6.45, 7) is 0.199. The van der Waals surface area contributed by atoms with Gasteiger partial charge in [0.2, 0.25) is 0 Å². The number of nitrogens with zero attached hydrogens (tertiary/aromatic N) is 1. The maximum absolute atomic E-state index is 13.3. The molecule has 1 saturated carbocycles. The van der Waals surface area contributed by atoms with Gasteiger partial charge in [0.1, 0.15) is 17.4 Å². The highest BCUT2D eigenvalue weighted by atomic mass is 79.9. The van der Waals surface area contributed by atoms with Crippen molar-refractivity contribution in [2.75, 3.05) is 6.61 Å². The first-order chi connectivity index (χ1) is 15.2. The van der Waals surface area contributed by atoms with Crippen LogP contribution in [0.25, 0.3) is 0 Å². The molecule has 0 unspecified atom stereocenters. The highest BCUT2D eigenvalue weighted by Gasteiger charge is 2.27. The Kier molecular flexibility index (Phi) is 7.47. The summed E-state index contributed by atoms with van der Waals surface area (Å²) in [5, 5.41) is 4.09. The third-order valence-electron chi connectivity index (χ3n) is 5.92. The number of amides is 1. The van der Waals surface area contributed by atoms with Gasteiger partial charge in [0.15, 0.2) is 0 Å². The maximum atomic E-state index is 13.3. The van der Waals surface area contributed by atoms with Gasteiger partial charge in [0.25, 0.3) is 5.91 Å². The van der Waals surface area contributed by atoms with Gasteiger partial charge in [0.05, 0.1) is 5.56 Å². The molecular formula is C25H27BrN2O2S. The average molecular weight is 499 g/mol. The van der Waals surface area contributed by atoms with Gasteiger partial charge in [-0.25, -0.2) is 4.99 Å². The number of carbonyl (C=O) groups is 1. The van der Waals surface area contributed by atoms with Gasteiger partial charge in [-0.05, 0) is 62.3 Å². The summed E-state index contributed by atoms with van der Waals surface area (Å²) in [7, 11) is 0. The molecule has 2 aromatic rings. The zero-order valence-corrected chi connectivity index (χ0v) is 20.0. The smallest absolute Gasteiger partial charge is 0.254 e. The van der Waals surface area contributed by atoms with E-state index in [1.54, 1.807) is 17.6 Å². The Bertz CT molecular complexity index is 1020. The lowest BCUT2D eigenvalue weighted by atomic mass is 9.93. The standard InChI is InChI=1S/C25H27BrN2O2S/c1-2-14-30-21-13-12-18(26)15-17(21)16-27-25-23(20-10-6-7-11-22(20)31-25)24(29)28-19-8-4-3-5-9-19/h1,12-13,15-16,19H,3-11,14H2,(H,28,29). The number of benzene rings is 1. The van der Waals surface area contributed by atoms with Crippen molar-refractivity contribution in [3.05, 3.63) is 44.2 Å². The summed E-state index contributed by atoms with van der Waals surface area (Å²) < 4.78 is 6.60. The predicted octanol–water partition coefficient (Wildman–Crippen LogP) is 6.21. The van der Waals surface area contributed by atoms with E-state index in [4.69, 9.17) is 16.2 Å². The first-order valence-electron chi connectivity index (χ1n) is 11.0. The largest absolute Gasteiger partial charge is 0.480 e. The van der Waals surface area contributed by atoms with Crippen LogP contribution in [-0.4, -0.2) is 24.8 Å². The van der Waals surface area contributed by atoms with Crippen LogP contribution in [0, 0.1) is 12.3 Å². The van der Waals surface area contributed by atoms with Crippen LogP contribution in [0.1, 0.15) is 71.3 Å². The average Bonchev–Trinajstić information content (AvgIpc) is 3.16. The molecule has 1 amide bonds. The van der Waals surface area contributed by atoms with E-state index in [9.17, 15) is 4.79 Å². The Morgan fingerprint density at radius 1 is 1.26 bits per heavy atom. The number of halogens is 1. The first kappa shape index (κ1) is 22.1. The molecule has 2 aliphatic rings. The molecule has 1 fully saturated rings. The van der Waals surface area contributed by atoms with Crippen molar-refractivity contribution >= 4 is 44.4 Å². The molecule has 4 nitrogen and oxygen atoms in total. The van der Waals surface area contributed by atoms with Gasteiger partial charge in [-0.3, -0.25) is 4.79 Å².